The highest BCUT2D eigenvalue weighted by atomic mass is 79.9. The first-order valence-corrected chi connectivity index (χ1v) is 8.61. The van der Waals surface area contributed by atoms with Crippen molar-refractivity contribution in [3.05, 3.63) is 40.1 Å². The zero-order valence-electron chi connectivity index (χ0n) is 10.1. The van der Waals surface area contributed by atoms with E-state index in [1.807, 2.05) is 0 Å². The molecule has 108 valence electrons. The average Bonchev–Trinajstić information content (AvgIpc) is 3.05. The second-order valence-corrected chi connectivity index (χ2v) is 8.20. The molecule has 2 N–H and O–H groups in total. The Morgan fingerprint density at radius 3 is 2.75 bits per heavy atom. The van der Waals surface area contributed by atoms with Crippen LogP contribution in [0, 0.1) is 0 Å². The number of furan rings is 1. The van der Waals surface area contributed by atoms with Gasteiger partial charge in [0.25, 0.3) is 10.0 Å². The normalized spacial score (nSPS) is 11.4. The van der Waals surface area contributed by atoms with Crippen LogP contribution in [0.1, 0.15) is 5.76 Å². The molecule has 0 saturated heterocycles. The molecule has 0 unspecified atom stereocenters. The van der Waals surface area contributed by atoms with Gasteiger partial charge in [0.05, 0.1) is 23.1 Å². The summed E-state index contributed by atoms with van der Waals surface area (Å²) in [4.78, 5) is 11.5. The summed E-state index contributed by atoms with van der Waals surface area (Å²) in [6.07, 6.45) is 1.50. The van der Waals surface area contributed by atoms with Crippen LogP contribution in [0.4, 0.5) is 0 Å². The number of amides is 1. The summed E-state index contributed by atoms with van der Waals surface area (Å²) in [5, 5.41) is 2.55. The molecule has 0 aliphatic heterocycles. The first-order valence-electron chi connectivity index (χ1n) is 5.51. The lowest BCUT2D eigenvalue weighted by Crippen LogP contribution is -2.36. The van der Waals surface area contributed by atoms with Gasteiger partial charge in [-0.25, -0.2) is 13.1 Å². The number of hydrogen-bond acceptors (Lipinski definition) is 5. The maximum atomic E-state index is 11.9. The minimum absolute atomic E-state index is 0.156. The van der Waals surface area contributed by atoms with Crippen LogP contribution in [0.15, 0.2) is 42.9 Å². The average molecular weight is 379 g/mol. The van der Waals surface area contributed by atoms with E-state index in [2.05, 4.69) is 26.0 Å². The molecule has 0 radical (unpaired) electrons. The molecule has 6 nitrogen and oxygen atoms in total. The molecule has 2 aromatic rings. The molecule has 0 aromatic carbocycles. The highest BCUT2D eigenvalue weighted by Gasteiger charge is 2.17. The van der Waals surface area contributed by atoms with Crippen LogP contribution >= 0.6 is 27.3 Å². The second-order valence-electron chi connectivity index (χ2n) is 3.74. The quantitative estimate of drug-likeness (QED) is 0.800. The molecule has 0 saturated carbocycles. The Labute approximate surface area is 128 Å². The van der Waals surface area contributed by atoms with E-state index in [-0.39, 0.29) is 17.3 Å². The minimum Gasteiger partial charge on any atom is -0.467 e. The van der Waals surface area contributed by atoms with Crippen LogP contribution in [-0.2, 0) is 21.4 Å². The predicted molar refractivity (Wildman–Crippen MR) is 77.8 cm³/mol. The summed E-state index contributed by atoms with van der Waals surface area (Å²) in [6.45, 7) is -0.101. The number of carbonyl (C=O) groups is 1. The molecule has 9 heteroatoms. The summed E-state index contributed by atoms with van der Waals surface area (Å²) >= 11 is 4.27. The molecule has 0 bridgehead atoms. The molecule has 2 heterocycles. The number of rotatable bonds is 6. The number of sulfonamides is 1. The SMILES string of the molecule is O=C(CNS(=O)(=O)c1ccc(Br)s1)NCc1ccco1. The van der Waals surface area contributed by atoms with Gasteiger partial charge in [-0.2, -0.15) is 0 Å². The Kier molecular flexibility index (Phi) is 4.97. The fraction of sp³-hybridized carbons (Fsp3) is 0.182. The zero-order valence-corrected chi connectivity index (χ0v) is 13.3. The fourth-order valence-corrected chi connectivity index (χ4v) is 4.37. The van der Waals surface area contributed by atoms with Crippen LogP contribution in [0.25, 0.3) is 0 Å². The smallest absolute Gasteiger partial charge is 0.250 e. The molecule has 0 spiro atoms. The van der Waals surface area contributed by atoms with Crippen LogP contribution in [0.2, 0.25) is 0 Å². The Balaban J connectivity index is 1.83. The first kappa shape index (κ1) is 15.2. The van der Waals surface area contributed by atoms with Gasteiger partial charge in [0.2, 0.25) is 5.91 Å². The predicted octanol–water partition coefficient (Wildman–Crippen LogP) is 1.70. The van der Waals surface area contributed by atoms with E-state index in [0.29, 0.717) is 9.55 Å². The van der Waals surface area contributed by atoms with E-state index in [9.17, 15) is 13.2 Å². The first-order chi connectivity index (χ1) is 9.47. The van der Waals surface area contributed by atoms with Crippen molar-refractivity contribution in [1.29, 1.82) is 0 Å². The van der Waals surface area contributed by atoms with E-state index in [4.69, 9.17) is 4.42 Å². The van der Waals surface area contributed by atoms with E-state index >= 15 is 0 Å². The molecule has 0 aliphatic carbocycles. The molecule has 0 atom stereocenters. The molecule has 0 aliphatic rings. The minimum atomic E-state index is -3.65. The van der Waals surface area contributed by atoms with E-state index in [1.165, 1.54) is 12.3 Å². The van der Waals surface area contributed by atoms with Crippen LogP contribution in [0.3, 0.4) is 0 Å². The molecule has 2 rings (SSSR count). The third-order valence-corrected chi connectivity index (χ3v) is 5.79. The van der Waals surface area contributed by atoms with Gasteiger partial charge in [-0.15, -0.1) is 11.3 Å². The number of hydrogen-bond donors (Lipinski definition) is 2. The van der Waals surface area contributed by atoms with Gasteiger partial charge in [0.15, 0.2) is 0 Å². The van der Waals surface area contributed by atoms with E-state index < -0.39 is 15.9 Å². The van der Waals surface area contributed by atoms with Gasteiger partial charge in [-0.3, -0.25) is 4.79 Å². The van der Waals surface area contributed by atoms with Gasteiger partial charge >= 0.3 is 0 Å². The van der Waals surface area contributed by atoms with Crippen molar-refractivity contribution in [3.8, 4) is 0 Å². The molecular formula is C11H11BrN2O4S2. The van der Waals surface area contributed by atoms with Gasteiger partial charge in [-0.05, 0) is 40.2 Å². The maximum absolute atomic E-state index is 11.9. The van der Waals surface area contributed by atoms with Gasteiger partial charge in [0, 0.05) is 0 Å². The number of carbonyl (C=O) groups excluding carboxylic acids is 1. The van der Waals surface area contributed by atoms with Crippen LogP contribution < -0.4 is 10.0 Å². The van der Waals surface area contributed by atoms with Crippen molar-refractivity contribution in [3.63, 3.8) is 0 Å². The molecular weight excluding hydrogens is 368 g/mol. The summed E-state index contributed by atoms with van der Waals surface area (Å²) < 4.78 is 31.9. The van der Waals surface area contributed by atoms with Gasteiger partial charge < -0.3 is 9.73 Å². The molecule has 20 heavy (non-hydrogen) atoms. The molecule has 1 amide bonds. The standard InChI is InChI=1S/C11H11BrN2O4S2/c12-9-3-4-11(19-9)20(16,17)14-7-10(15)13-6-8-2-1-5-18-8/h1-5,14H,6-7H2,(H,13,15). The Hall–Kier alpha value is -1.16. The number of nitrogens with one attached hydrogen (secondary N) is 2. The summed E-state index contributed by atoms with van der Waals surface area (Å²) in [6, 6.07) is 6.53. The number of halogens is 1. The fourth-order valence-electron chi connectivity index (χ4n) is 1.34. The van der Waals surface area contributed by atoms with Gasteiger partial charge in [-0.1, -0.05) is 0 Å². The number of thiophene rings is 1. The molecule has 0 fully saturated rings. The largest absolute Gasteiger partial charge is 0.467 e. The van der Waals surface area contributed by atoms with Crippen molar-refractivity contribution in [2.45, 2.75) is 10.8 Å². The van der Waals surface area contributed by atoms with Crippen molar-refractivity contribution < 1.29 is 17.6 Å². The Bertz CT molecular complexity index is 679. The summed E-state index contributed by atoms with van der Waals surface area (Å²) in [5.41, 5.74) is 0. The lowest BCUT2D eigenvalue weighted by Gasteiger charge is -2.05. The summed E-state index contributed by atoms with van der Waals surface area (Å²) in [5.74, 6) is 0.170. The van der Waals surface area contributed by atoms with E-state index in [1.54, 1.807) is 18.2 Å². The highest BCUT2D eigenvalue weighted by Crippen LogP contribution is 2.25. The van der Waals surface area contributed by atoms with Crippen LogP contribution in [0.5, 0.6) is 0 Å². The lowest BCUT2D eigenvalue weighted by molar-refractivity contribution is -0.120. The van der Waals surface area contributed by atoms with Crippen molar-refractivity contribution >= 4 is 43.2 Å². The maximum Gasteiger partial charge on any atom is 0.250 e. The van der Waals surface area contributed by atoms with Crippen molar-refractivity contribution in [2.24, 2.45) is 0 Å². The zero-order chi connectivity index (χ0) is 14.6. The lowest BCUT2D eigenvalue weighted by atomic mass is 10.4. The third-order valence-electron chi connectivity index (χ3n) is 2.28. The monoisotopic (exact) mass is 378 g/mol. The third kappa shape index (κ3) is 4.17. The van der Waals surface area contributed by atoms with Crippen molar-refractivity contribution in [1.82, 2.24) is 10.0 Å². The highest BCUT2D eigenvalue weighted by molar-refractivity contribution is 9.11. The van der Waals surface area contributed by atoms with E-state index in [0.717, 1.165) is 11.3 Å². The molecule has 2 aromatic heterocycles. The Morgan fingerprint density at radius 2 is 2.15 bits per heavy atom. The second kappa shape index (κ2) is 6.53. The van der Waals surface area contributed by atoms with Crippen LogP contribution in [-0.4, -0.2) is 20.9 Å². The Morgan fingerprint density at radius 1 is 1.35 bits per heavy atom. The van der Waals surface area contributed by atoms with Crippen molar-refractivity contribution in [2.75, 3.05) is 6.54 Å². The topological polar surface area (TPSA) is 88.4 Å². The van der Waals surface area contributed by atoms with Gasteiger partial charge in [0.1, 0.15) is 9.97 Å². The summed E-state index contributed by atoms with van der Waals surface area (Å²) in [7, 11) is -3.65.